The highest BCUT2D eigenvalue weighted by Gasteiger charge is 2.37. The molecule has 0 aromatic rings. The minimum atomic E-state index is -0.479. The van der Waals surface area contributed by atoms with E-state index >= 15 is 0 Å². The molecule has 0 aromatic carbocycles. The Morgan fingerprint density at radius 2 is 2.15 bits per heavy atom. The molecule has 0 saturated carbocycles. The summed E-state index contributed by atoms with van der Waals surface area (Å²) in [5.74, 6) is -0.383. The molecule has 1 rings (SSSR count). The molecule has 1 aliphatic heterocycles. The second kappa shape index (κ2) is 4.23. The lowest BCUT2D eigenvalue weighted by atomic mass is 10.2. The van der Waals surface area contributed by atoms with Crippen molar-refractivity contribution in [1.82, 2.24) is 4.90 Å². The molecule has 1 unspecified atom stereocenters. The Labute approximate surface area is 76.6 Å². The van der Waals surface area contributed by atoms with Crippen LogP contribution in [0.15, 0.2) is 0 Å². The van der Waals surface area contributed by atoms with Crippen molar-refractivity contribution in [2.24, 2.45) is 0 Å². The van der Waals surface area contributed by atoms with E-state index in [-0.39, 0.29) is 12.2 Å². The highest BCUT2D eigenvalue weighted by molar-refractivity contribution is 5.78. The molecule has 1 fully saturated rings. The second-order valence-electron chi connectivity index (χ2n) is 2.86. The zero-order valence-electron chi connectivity index (χ0n) is 7.73. The fraction of sp³-hybridized carbons (Fsp3) is 0.750. The molecule has 5 heteroatoms. The van der Waals surface area contributed by atoms with E-state index < -0.39 is 6.04 Å². The van der Waals surface area contributed by atoms with Crippen LogP contribution in [0.5, 0.6) is 0 Å². The van der Waals surface area contributed by atoms with E-state index in [9.17, 15) is 9.59 Å². The van der Waals surface area contributed by atoms with E-state index in [2.05, 4.69) is 4.74 Å². The Kier molecular flexibility index (Phi) is 3.25. The van der Waals surface area contributed by atoms with Gasteiger partial charge in [0.25, 0.3) is 0 Å². The highest BCUT2D eigenvalue weighted by atomic mass is 16.5. The predicted octanol–water partition coefficient (Wildman–Crippen LogP) is -0.247. The van der Waals surface area contributed by atoms with Crippen molar-refractivity contribution in [1.29, 1.82) is 0 Å². The summed E-state index contributed by atoms with van der Waals surface area (Å²) in [6.07, 6.45) is 1.61. The fourth-order valence-electron chi connectivity index (χ4n) is 1.56. The zero-order chi connectivity index (χ0) is 9.84. The van der Waals surface area contributed by atoms with Crippen molar-refractivity contribution >= 4 is 12.4 Å². The van der Waals surface area contributed by atoms with Crippen molar-refractivity contribution in [3.05, 3.63) is 0 Å². The van der Waals surface area contributed by atoms with E-state index in [1.54, 1.807) is 0 Å². The number of likely N-dealkylation sites (tertiary alicyclic amines) is 1. The van der Waals surface area contributed by atoms with Crippen LogP contribution in [0.2, 0.25) is 0 Å². The van der Waals surface area contributed by atoms with Crippen LogP contribution in [0.3, 0.4) is 0 Å². The zero-order valence-corrected chi connectivity index (χ0v) is 7.73. The third-order valence-corrected chi connectivity index (χ3v) is 2.25. The molecule has 0 N–H and O–H groups in total. The van der Waals surface area contributed by atoms with Gasteiger partial charge in [0.05, 0.1) is 7.11 Å². The van der Waals surface area contributed by atoms with Gasteiger partial charge in [-0.25, -0.2) is 4.79 Å². The first-order chi connectivity index (χ1) is 6.24. The molecular formula is C8H13NO4. The van der Waals surface area contributed by atoms with Gasteiger partial charge in [-0.1, -0.05) is 0 Å². The van der Waals surface area contributed by atoms with Gasteiger partial charge in [0, 0.05) is 7.11 Å². The molecule has 2 atom stereocenters. The minimum absolute atomic E-state index is 0.290. The van der Waals surface area contributed by atoms with Crippen LogP contribution in [0, 0.1) is 0 Å². The van der Waals surface area contributed by atoms with E-state index in [1.165, 1.54) is 19.1 Å². The molecule has 1 saturated heterocycles. The van der Waals surface area contributed by atoms with Gasteiger partial charge in [0.15, 0.2) is 0 Å². The van der Waals surface area contributed by atoms with Crippen molar-refractivity contribution < 1.29 is 19.1 Å². The first-order valence-electron chi connectivity index (χ1n) is 4.08. The number of hydrogen-bond donors (Lipinski definition) is 0. The Balaban J connectivity index is 2.67. The Morgan fingerprint density at radius 1 is 1.46 bits per heavy atom. The third kappa shape index (κ3) is 1.80. The van der Waals surface area contributed by atoms with E-state index in [0.717, 1.165) is 0 Å². The van der Waals surface area contributed by atoms with Gasteiger partial charge < -0.3 is 14.4 Å². The monoisotopic (exact) mass is 187 g/mol. The van der Waals surface area contributed by atoms with Crippen molar-refractivity contribution in [2.45, 2.75) is 25.1 Å². The third-order valence-electron chi connectivity index (χ3n) is 2.25. The number of esters is 1. The second-order valence-corrected chi connectivity index (χ2v) is 2.86. The smallest absolute Gasteiger partial charge is 0.328 e. The predicted molar refractivity (Wildman–Crippen MR) is 43.7 cm³/mol. The van der Waals surface area contributed by atoms with Crippen LogP contribution in [0.4, 0.5) is 0 Å². The molecule has 0 aromatic heterocycles. The molecule has 1 aliphatic rings. The maximum atomic E-state index is 11.2. The van der Waals surface area contributed by atoms with Crippen LogP contribution < -0.4 is 0 Å². The fourth-order valence-corrected chi connectivity index (χ4v) is 1.56. The van der Waals surface area contributed by atoms with E-state index in [4.69, 9.17) is 4.74 Å². The normalized spacial score (nSPS) is 27.4. The van der Waals surface area contributed by atoms with Gasteiger partial charge in [-0.05, 0) is 12.8 Å². The van der Waals surface area contributed by atoms with Gasteiger partial charge >= 0.3 is 5.97 Å². The van der Waals surface area contributed by atoms with Crippen LogP contribution in [-0.2, 0) is 19.1 Å². The number of nitrogens with zero attached hydrogens (tertiary/aromatic N) is 1. The molecule has 0 spiro atoms. The van der Waals surface area contributed by atoms with Crippen molar-refractivity contribution in [2.75, 3.05) is 14.2 Å². The number of carbonyl (C=O) groups excluding carboxylic acids is 2. The summed E-state index contributed by atoms with van der Waals surface area (Å²) in [6, 6.07) is -0.479. The largest absolute Gasteiger partial charge is 0.467 e. The average Bonchev–Trinajstić information content (AvgIpc) is 2.58. The van der Waals surface area contributed by atoms with Crippen LogP contribution in [0.1, 0.15) is 12.8 Å². The molecule has 13 heavy (non-hydrogen) atoms. The number of rotatable bonds is 3. The lowest BCUT2D eigenvalue weighted by molar-refractivity contribution is -0.152. The van der Waals surface area contributed by atoms with Crippen molar-refractivity contribution in [3.63, 3.8) is 0 Å². The molecule has 1 heterocycles. The summed E-state index contributed by atoms with van der Waals surface area (Å²) in [5.41, 5.74) is 0. The van der Waals surface area contributed by atoms with Crippen LogP contribution in [0.25, 0.3) is 0 Å². The molecular weight excluding hydrogens is 174 g/mol. The summed E-state index contributed by atoms with van der Waals surface area (Å²) < 4.78 is 9.59. The highest BCUT2D eigenvalue weighted by Crippen LogP contribution is 2.23. The molecule has 5 nitrogen and oxygen atoms in total. The summed E-state index contributed by atoms with van der Waals surface area (Å²) >= 11 is 0. The molecule has 0 bridgehead atoms. The van der Waals surface area contributed by atoms with Gasteiger partial charge in [0.2, 0.25) is 6.41 Å². The van der Waals surface area contributed by atoms with E-state index in [0.29, 0.717) is 19.3 Å². The first-order valence-corrected chi connectivity index (χ1v) is 4.08. The minimum Gasteiger partial charge on any atom is -0.467 e. The van der Waals surface area contributed by atoms with Gasteiger partial charge in [-0.15, -0.1) is 0 Å². The quantitative estimate of drug-likeness (QED) is 0.451. The molecule has 0 aliphatic carbocycles. The van der Waals surface area contributed by atoms with Crippen LogP contribution >= 0.6 is 0 Å². The Bertz CT molecular complexity index is 206. The number of ether oxygens (including phenoxy) is 2. The molecule has 1 amide bonds. The standard InChI is InChI=1S/C8H13NO4/c1-12-7-4-3-6(8(11)13-2)9(7)5-10/h5-7H,3-4H2,1-2H3/t6-,7?/m0/s1. The number of hydrogen-bond acceptors (Lipinski definition) is 4. The number of carbonyl (C=O) groups is 2. The van der Waals surface area contributed by atoms with Gasteiger partial charge in [-0.2, -0.15) is 0 Å². The lowest BCUT2D eigenvalue weighted by Gasteiger charge is -2.22. The summed E-state index contributed by atoms with van der Waals surface area (Å²) in [5, 5.41) is 0. The molecule has 0 radical (unpaired) electrons. The number of methoxy groups -OCH3 is 2. The average molecular weight is 187 g/mol. The van der Waals surface area contributed by atoms with E-state index in [1.807, 2.05) is 0 Å². The van der Waals surface area contributed by atoms with Crippen LogP contribution in [-0.4, -0.2) is 43.8 Å². The topological polar surface area (TPSA) is 55.8 Å². The lowest BCUT2D eigenvalue weighted by Crippen LogP contribution is -2.40. The maximum Gasteiger partial charge on any atom is 0.328 e. The van der Waals surface area contributed by atoms with Gasteiger partial charge in [0.1, 0.15) is 12.3 Å². The maximum absolute atomic E-state index is 11.2. The summed E-state index contributed by atoms with van der Waals surface area (Å²) in [7, 11) is 2.83. The Morgan fingerprint density at radius 3 is 2.62 bits per heavy atom. The number of amides is 1. The summed E-state index contributed by atoms with van der Waals surface area (Å²) in [6.45, 7) is 0. The Hall–Kier alpha value is -1.10. The first kappa shape index (κ1) is 9.98. The van der Waals surface area contributed by atoms with Gasteiger partial charge in [-0.3, -0.25) is 4.79 Å². The summed E-state index contributed by atoms with van der Waals surface area (Å²) in [4.78, 5) is 23.2. The van der Waals surface area contributed by atoms with Crippen molar-refractivity contribution in [3.8, 4) is 0 Å². The SMILES string of the molecule is COC(=O)[C@@H]1CCC(OC)N1C=O. The molecule has 74 valence electrons.